The molecule has 0 saturated carbocycles. The number of carbonyl (C=O) groups is 2. The van der Waals surface area contributed by atoms with Gasteiger partial charge >= 0.3 is 5.97 Å². The number of anilines is 1. The smallest absolute Gasteiger partial charge is 0.350 e. The first-order chi connectivity index (χ1) is 8.12. The monoisotopic (exact) mass is 276 g/mol. The molecule has 1 amide bonds. The third kappa shape index (κ3) is 3.67. The zero-order chi connectivity index (χ0) is 12.8. The maximum absolute atomic E-state index is 11.5. The number of thiazole rings is 1. The Morgan fingerprint density at radius 2 is 2.24 bits per heavy atom. The number of methoxy groups -OCH3 is 1. The summed E-state index contributed by atoms with van der Waals surface area (Å²) < 4.78 is 4.66. The van der Waals surface area contributed by atoms with E-state index in [0.29, 0.717) is 22.1 Å². The topological polar surface area (TPSA) is 68.3 Å². The van der Waals surface area contributed by atoms with Gasteiger partial charge < -0.3 is 10.1 Å². The van der Waals surface area contributed by atoms with Gasteiger partial charge in [-0.3, -0.25) is 4.79 Å². The number of nitrogens with zero attached hydrogens (tertiary/aromatic N) is 1. The minimum atomic E-state index is -0.433. The molecule has 0 aliphatic heterocycles. The molecule has 0 fully saturated rings. The van der Waals surface area contributed by atoms with Gasteiger partial charge in [0.2, 0.25) is 5.91 Å². The highest BCUT2D eigenvalue weighted by Crippen LogP contribution is 2.24. The summed E-state index contributed by atoms with van der Waals surface area (Å²) >= 11 is 6.47. The van der Waals surface area contributed by atoms with Crippen molar-refractivity contribution in [3.63, 3.8) is 0 Å². The van der Waals surface area contributed by atoms with E-state index in [1.54, 1.807) is 0 Å². The molecule has 0 aliphatic rings. The number of ether oxygens (including phenoxy) is 1. The lowest BCUT2D eigenvalue weighted by Gasteiger charge is -1.97. The predicted octanol–water partition coefficient (Wildman–Crippen LogP) is 2.06. The van der Waals surface area contributed by atoms with Crippen LogP contribution in [0.15, 0.2) is 0 Å². The lowest BCUT2D eigenvalue weighted by atomic mass is 10.2. The molecule has 1 aromatic heterocycles. The van der Waals surface area contributed by atoms with Crippen LogP contribution >= 0.6 is 22.9 Å². The van der Waals surface area contributed by atoms with Crippen LogP contribution in [0, 0.1) is 0 Å². The van der Waals surface area contributed by atoms with Crippen molar-refractivity contribution in [1.82, 2.24) is 4.98 Å². The highest BCUT2D eigenvalue weighted by atomic mass is 35.5. The van der Waals surface area contributed by atoms with Crippen molar-refractivity contribution in [3.8, 4) is 0 Å². The Balaban J connectivity index is 2.94. The van der Waals surface area contributed by atoms with Crippen LogP contribution in [0.3, 0.4) is 0 Å². The lowest BCUT2D eigenvalue weighted by Crippen LogP contribution is -2.12. The second kappa shape index (κ2) is 6.56. The second-order valence-electron chi connectivity index (χ2n) is 3.22. The molecule has 0 atom stereocenters. The first-order valence-electron chi connectivity index (χ1n) is 5.06. The molecule has 0 saturated heterocycles. The normalized spacial score (nSPS) is 10.1. The standard InChI is InChI=1S/C10H13ClN2O3S/c1-3-4-6-8(9(15)16-2)17-10(12-6)13-7(14)5-11/h3-5H2,1-2H3,(H,12,13,14). The first-order valence-corrected chi connectivity index (χ1v) is 6.41. The minimum absolute atomic E-state index is 0.143. The van der Waals surface area contributed by atoms with E-state index in [1.165, 1.54) is 7.11 Å². The minimum Gasteiger partial charge on any atom is -0.465 e. The van der Waals surface area contributed by atoms with Crippen molar-refractivity contribution in [2.75, 3.05) is 18.3 Å². The zero-order valence-corrected chi connectivity index (χ0v) is 11.2. The fourth-order valence-corrected chi connectivity index (χ4v) is 2.23. The van der Waals surface area contributed by atoms with Crippen LogP contribution in [0.4, 0.5) is 5.13 Å². The number of aryl methyl sites for hydroxylation is 1. The molecule has 1 heterocycles. The molecule has 5 nitrogen and oxygen atoms in total. The summed E-state index contributed by atoms with van der Waals surface area (Å²) in [6.07, 6.45) is 1.52. The van der Waals surface area contributed by atoms with Crippen molar-refractivity contribution < 1.29 is 14.3 Å². The number of amides is 1. The molecule has 0 unspecified atom stereocenters. The van der Waals surface area contributed by atoms with E-state index < -0.39 is 5.97 Å². The quantitative estimate of drug-likeness (QED) is 0.660. The van der Waals surface area contributed by atoms with Crippen LogP contribution in [0.25, 0.3) is 0 Å². The van der Waals surface area contributed by atoms with Crippen LogP contribution < -0.4 is 5.32 Å². The number of carbonyl (C=O) groups excluding carboxylic acids is 2. The van der Waals surface area contributed by atoms with Crippen LogP contribution in [-0.4, -0.2) is 29.9 Å². The molecular weight excluding hydrogens is 264 g/mol. The molecule has 0 spiro atoms. The predicted molar refractivity (Wildman–Crippen MR) is 66.8 cm³/mol. The van der Waals surface area contributed by atoms with Crippen LogP contribution in [0.1, 0.15) is 28.7 Å². The average molecular weight is 277 g/mol. The molecule has 1 N–H and O–H groups in total. The number of esters is 1. The molecule has 94 valence electrons. The van der Waals surface area contributed by atoms with Gasteiger partial charge in [0.15, 0.2) is 5.13 Å². The van der Waals surface area contributed by atoms with Gasteiger partial charge in [0, 0.05) is 0 Å². The number of aromatic nitrogens is 1. The van der Waals surface area contributed by atoms with Gasteiger partial charge in [-0.05, 0) is 6.42 Å². The Kier molecular flexibility index (Phi) is 5.37. The Morgan fingerprint density at radius 3 is 2.76 bits per heavy atom. The second-order valence-corrected chi connectivity index (χ2v) is 4.48. The summed E-state index contributed by atoms with van der Waals surface area (Å²) in [7, 11) is 1.31. The number of hydrogen-bond acceptors (Lipinski definition) is 5. The Hall–Kier alpha value is -1.14. The highest BCUT2D eigenvalue weighted by molar-refractivity contribution is 7.17. The van der Waals surface area contributed by atoms with Crippen molar-refractivity contribution in [2.24, 2.45) is 0 Å². The Morgan fingerprint density at radius 1 is 1.53 bits per heavy atom. The van der Waals surface area contributed by atoms with E-state index in [0.717, 1.165) is 17.8 Å². The first kappa shape index (κ1) is 13.9. The number of rotatable bonds is 5. The number of hydrogen-bond donors (Lipinski definition) is 1. The Bertz CT molecular complexity index is 420. The van der Waals surface area contributed by atoms with Crippen molar-refractivity contribution in [1.29, 1.82) is 0 Å². The molecule has 0 bridgehead atoms. The summed E-state index contributed by atoms with van der Waals surface area (Å²) in [4.78, 5) is 27.2. The number of nitrogens with one attached hydrogen (secondary N) is 1. The summed E-state index contributed by atoms with van der Waals surface area (Å²) in [6.45, 7) is 1.98. The van der Waals surface area contributed by atoms with Gasteiger partial charge in [-0.2, -0.15) is 0 Å². The van der Waals surface area contributed by atoms with Crippen LogP contribution in [-0.2, 0) is 16.0 Å². The fourth-order valence-electron chi connectivity index (χ4n) is 1.22. The molecule has 1 rings (SSSR count). The maximum atomic E-state index is 11.5. The molecule has 0 aliphatic carbocycles. The van der Waals surface area contributed by atoms with Gasteiger partial charge in [-0.15, -0.1) is 11.6 Å². The van der Waals surface area contributed by atoms with Gasteiger partial charge in [-0.1, -0.05) is 24.7 Å². The Labute approximate surface area is 108 Å². The fraction of sp³-hybridized carbons (Fsp3) is 0.500. The van der Waals surface area contributed by atoms with E-state index in [-0.39, 0.29) is 11.8 Å². The van der Waals surface area contributed by atoms with E-state index in [4.69, 9.17) is 11.6 Å². The zero-order valence-electron chi connectivity index (χ0n) is 9.58. The maximum Gasteiger partial charge on any atom is 0.350 e. The van der Waals surface area contributed by atoms with Gasteiger partial charge in [0.1, 0.15) is 10.8 Å². The SMILES string of the molecule is CCCc1nc(NC(=O)CCl)sc1C(=O)OC. The summed E-state index contributed by atoms with van der Waals surface area (Å²) in [5.41, 5.74) is 0.647. The summed E-state index contributed by atoms with van der Waals surface area (Å²) in [5, 5.41) is 2.89. The van der Waals surface area contributed by atoms with E-state index in [2.05, 4.69) is 15.0 Å². The molecular formula is C10H13ClN2O3S. The number of alkyl halides is 1. The molecule has 0 aromatic carbocycles. The van der Waals surface area contributed by atoms with Crippen molar-refractivity contribution in [3.05, 3.63) is 10.6 Å². The van der Waals surface area contributed by atoms with Crippen LogP contribution in [0.5, 0.6) is 0 Å². The molecule has 17 heavy (non-hydrogen) atoms. The summed E-state index contributed by atoms with van der Waals surface area (Å²) in [6, 6.07) is 0. The van der Waals surface area contributed by atoms with Gasteiger partial charge in [0.05, 0.1) is 12.8 Å². The van der Waals surface area contributed by atoms with Crippen molar-refractivity contribution in [2.45, 2.75) is 19.8 Å². The van der Waals surface area contributed by atoms with E-state index >= 15 is 0 Å². The third-order valence-electron chi connectivity index (χ3n) is 1.92. The molecule has 1 aromatic rings. The largest absolute Gasteiger partial charge is 0.465 e. The van der Waals surface area contributed by atoms with Crippen molar-refractivity contribution >= 4 is 39.9 Å². The number of halogens is 1. The average Bonchev–Trinajstić information content (AvgIpc) is 2.71. The molecule has 0 radical (unpaired) electrons. The van der Waals surface area contributed by atoms with E-state index in [9.17, 15) is 9.59 Å². The van der Waals surface area contributed by atoms with Gasteiger partial charge in [0.25, 0.3) is 0 Å². The third-order valence-corrected chi connectivity index (χ3v) is 3.16. The van der Waals surface area contributed by atoms with E-state index in [1.807, 2.05) is 6.92 Å². The van der Waals surface area contributed by atoms with Gasteiger partial charge in [-0.25, -0.2) is 9.78 Å². The highest BCUT2D eigenvalue weighted by Gasteiger charge is 2.18. The molecule has 7 heteroatoms. The van der Waals surface area contributed by atoms with Crippen LogP contribution in [0.2, 0.25) is 0 Å². The lowest BCUT2D eigenvalue weighted by molar-refractivity contribution is -0.113. The summed E-state index contributed by atoms with van der Waals surface area (Å²) in [5.74, 6) is -0.923.